The summed E-state index contributed by atoms with van der Waals surface area (Å²) in [5.74, 6) is -0.104. The first-order valence-electron chi connectivity index (χ1n) is 6.61. The lowest BCUT2D eigenvalue weighted by molar-refractivity contribution is -0.133. The van der Waals surface area contributed by atoms with E-state index in [1.54, 1.807) is 16.5 Å². The molecule has 6 heteroatoms. The van der Waals surface area contributed by atoms with Crippen molar-refractivity contribution in [2.24, 2.45) is 7.05 Å². The molecule has 1 aliphatic heterocycles. The first-order chi connectivity index (χ1) is 9.01. The molecular formula is C13H20N4O2. The lowest BCUT2D eigenvalue weighted by atomic mass is 10.2. The quantitative estimate of drug-likeness (QED) is 0.849. The van der Waals surface area contributed by atoms with Gasteiger partial charge in [-0.25, -0.2) is 0 Å². The van der Waals surface area contributed by atoms with Gasteiger partial charge in [0.2, 0.25) is 11.8 Å². The van der Waals surface area contributed by atoms with Crippen LogP contribution in [0, 0.1) is 0 Å². The van der Waals surface area contributed by atoms with Gasteiger partial charge in [-0.05, 0) is 19.4 Å². The molecule has 0 spiro atoms. The number of carbonyl (C=O) groups is 2. The molecule has 0 aliphatic carbocycles. The number of hydrogen-bond donors (Lipinski definition) is 1. The van der Waals surface area contributed by atoms with Gasteiger partial charge in [0.05, 0.1) is 17.9 Å². The van der Waals surface area contributed by atoms with Gasteiger partial charge < -0.3 is 10.2 Å². The van der Waals surface area contributed by atoms with Crippen molar-refractivity contribution in [2.45, 2.75) is 39.3 Å². The second kappa shape index (κ2) is 5.42. The fourth-order valence-electron chi connectivity index (χ4n) is 2.24. The van der Waals surface area contributed by atoms with E-state index in [0.29, 0.717) is 19.5 Å². The van der Waals surface area contributed by atoms with Gasteiger partial charge >= 0.3 is 0 Å². The zero-order valence-electron chi connectivity index (χ0n) is 11.6. The minimum Gasteiger partial charge on any atom is -0.345 e. The van der Waals surface area contributed by atoms with Gasteiger partial charge in [0.25, 0.3) is 0 Å². The molecule has 2 amide bonds. The van der Waals surface area contributed by atoms with Gasteiger partial charge in [0.1, 0.15) is 6.04 Å². The topological polar surface area (TPSA) is 67.2 Å². The van der Waals surface area contributed by atoms with Crippen molar-refractivity contribution < 1.29 is 9.59 Å². The summed E-state index contributed by atoms with van der Waals surface area (Å²) in [6, 6.07) is 1.56. The van der Waals surface area contributed by atoms with Crippen LogP contribution in [0.4, 0.5) is 0 Å². The van der Waals surface area contributed by atoms with Crippen LogP contribution in [0.25, 0.3) is 0 Å². The van der Waals surface area contributed by atoms with E-state index >= 15 is 0 Å². The molecule has 1 aromatic rings. The van der Waals surface area contributed by atoms with Crippen LogP contribution in [-0.4, -0.2) is 39.1 Å². The molecule has 6 nitrogen and oxygen atoms in total. The van der Waals surface area contributed by atoms with Crippen molar-refractivity contribution in [3.63, 3.8) is 0 Å². The Kier molecular flexibility index (Phi) is 3.87. The molecule has 19 heavy (non-hydrogen) atoms. The maximum atomic E-state index is 12.2. The number of amides is 2. The van der Waals surface area contributed by atoms with Crippen molar-refractivity contribution >= 4 is 11.8 Å². The Morgan fingerprint density at radius 2 is 2.21 bits per heavy atom. The standard InChI is InChI=1S/C13H20N4O2/c1-4-10-7-11(16(3)15-10)8-17-6-5-12(18)14-9(2)13(17)19/h7,9H,4-6,8H2,1-3H3,(H,14,18). The third-order valence-electron chi connectivity index (χ3n) is 3.41. The molecule has 104 valence electrons. The molecule has 1 aromatic heterocycles. The highest BCUT2D eigenvalue weighted by molar-refractivity contribution is 5.89. The lowest BCUT2D eigenvalue weighted by Crippen LogP contribution is -2.42. The number of hydrogen-bond acceptors (Lipinski definition) is 3. The highest BCUT2D eigenvalue weighted by Gasteiger charge is 2.27. The van der Waals surface area contributed by atoms with Gasteiger partial charge in [-0.15, -0.1) is 0 Å². The van der Waals surface area contributed by atoms with Crippen molar-refractivity contribution in [3.8, 4) is 0 Å². The molecule has 1 aliphatic rings. The van der Waals surface area contributed by atoms with Crippen LogP contribution in [0.5, 0.6) is 0 Å². The molecular weight excluding hydrogens is 244 g/mol. The SMILES string of the molecule is CCc1cc(CN2CCC(=O)NC(C)C2=O)n(C)n1. The largest absolute Gasteiger partial charge is 0.345 e. The van der Waals surface area contributed by atoms with Gasteiger partial charge in [0.15, 0.2) is 0 Å². The average molecular weight is 264 g/mol. The Hall–Kier alpha value is -1.85. The van der Waals surface area contributed by atoms with Crippen LogP contribution in [-0.2, 0) is 29.6 Å². The smallest absolute Gasteiger partial charge is 0.245 e. The molecule has 1 unspecified atom stereocenters. The van der Waals surface area contributed by atoms with E-state index in [4.69, 9.17) is 0 Å². The first-order valence-corrected chi connectivity index (χ1v) is 6.61. The molecule has 1 saturated heterocycles. The number of aromatic nitrogens is 2. The summed E-state index contributed by atoms with van der Waals surface area (Å²) < 4.78 is 1.80. The summed E-state index contributed by atoms with van der Waals surface area (Å²) in [6.07, 6.45) is 1.23. The summed E-state index contributed by atoms with van der Waals surface area (Å²) in [7, 11) is 1.88. The number of aryl methyl sites for hydroxylation is 2. The molecule has 0 saturated carbocycles. The van der Waals surface area contributed by atoms with E-state index in [-0.39, 0.29) is 11.8 Å². The average Bonchev–Trinajstić information content (AvgIpc) is 2.68. The summed E-state index contributed by atoms with van der Waals surface area (Å²) in [5, 5.41) is 7.06. The summed E-state index contributed by atoms with van der Waals surface area (Å²) >= 11 is 0. The Bertz CT molecular complexity index is 495. The fourth-order valence-corrected chi connectivity index (χ4v) is 2.24. The maximum absolute atomic E-state index is 12.2. The van der Waals surface area contributed by atoms with Crippen molar-refractivity contribution in [2.75, 3.05) is 6.54 Å². The molecule has 2 heterocycles. The zero-order chi connectivity index (χ0) is 14.0. The minimum atomic E-state index is -0.450. The summed E-state index contributed by atoms with van der Waals surface area (Å²) in [5.41, 5.74) is 2.01. The Morgan fingerprint density at radius 1 is 1.47 bits per heavy atom. The predicted molar refractivity (Wildman–Crippen MR) is 70.2 cm³/mol. The number of carbonyl (C=O) groups excluding carboxylic acids is 2. The first kappa shape index (κ1) is 13.6. The second-order valence-corrected chi connectivity index (χ2v) is 4.90. The maximum Gasteiger partial charge on any atom is 0.245 e. The Labute approximate surface area is 112 Å². The van der Waals surface area contributed by atoms with Gasteiger partial charge in [-0.1, -0.05) is 6.92 Å². The molecule has 0 aromatic carbocycles. The number of nitrogens with one attached hydrogen (secondary N) is 1. The molecule has 1 fully saturated rings. The van der Waals surface area contributed by atoms with E-state index in [9.17, 15) is 9.59 Å². The summed E-state index contributed by atoms with van der Waals surface area (Å²) in [6.45, 7) is 4.73. The van der Waals surface area contributed by atoms with Crippen LogP contribution in [0.3, 0.4) is 0 Å². The summed E-state index contributed by atoms with van der Waals surface area (Å²) in [4.78, 5) is 25.3. The van der Waals surface area contributed by atoms with E-state index in [1.807, 2.05) is 20.0 Å². The van der Waals surface area contributed by atoms with Gasteiger partial charge in [-0.2, -0.15) is 5.10 Å². The Morgan fingerprint density at radius 3 is 2.84 bits per heavy atom. The molecule has 0 radical (unpaired) electrons. The van der Waals surface area contributed by atoms with Crippen LogP contribution >= 0.6 is 0 Å². The van der Waals surface area contributed by atoms with Gasteiger partial charge in [-0.3, -0.25) is 14.3 Å². The van der Waals surface area contributed by atoms with E-state index in [2.05, 4.69) is 10.4 Å². The van der Waals surface area contributed by atoms with Crippen molar-refractivity contribution in [3.05, 3.63) is 17.5 Å². The monoisotopic (exact) mass is 264 g/mol. The van der Waals surface area contributed by atoms with E-state index in [0.717, 1.165) is 17.8 Å². The second-order valence-electron chi connectivity index (χ2n) is 4.90. The third-order valence-corrected chi connectivity index (χ3v) is 3.41. The highest BCUT2D eigenvalue weighted by atomic mass is 16.2. The van der Waals surface area contributed by atoms with E-state index < -0.39 is 6.04 Å². The predicted octanol–water partition coefficient (Wildman–Crippen LogP) is 0.219. The zero-order valence-corrected chi connectivity index (χ0v) is 11.6. The van der Waals surface area contributed by atoms with Gasteiger partial charge in [0, 0.05) is 20.0 Å². The normalized spacial score (nSPS) is 20.4. The lowest BCUT2D eigenvalue weighted by Gasteiger charge is -2.22. The Balaban J connectivity index is 2.14. The van der Waals surface area contributed by atoms with Crippen LogP contribution in [0.15, 0.2) is 6.07 Å². The van der Waals surface area contributed by atoms with Crippen molar-refractivity contribution in [1.82, 2.24) is 20.0 Å². The molecule has 1 atom stereocenters. The third kappa shape index (κ3) is 2.94. The molecule has 2 rings (SSSR count). The van der Waals surface area contributed by atoms with E-state index in [1.165, 1.54) is 0 Å². The number of rotatable bonds is 3. The minimum absolute atomic E-state index is 0.0369. The number of nitrogens with zero attached hydrogens (tertiary/aromatic N) is 3. The van der Waals surface area contributed by atoms with Crippen LogP contribution in [0.2, 0.25) is 0 Å². The molecule has 1 N–H and O–H groups in total. The van der Waals surface area contributed by atoms with Crippen molar-refractivity contribution in [1.29, 1.82) is 0 Å². The van der Waals surface area contributed by atoms with Crippen LogP contribution in [0.1, 0.15) is 31.7 Å². The highest BCUT2D eigenvalue weighted by Crippen LogP contribution is 2.11. The fraction of sp³-hybridized carbons (Fsp3) is 0.615. The molecule has 0 bridgehead atoms. The van der Waals surface area contributed by atoms with Crippen LogP contribution < -0.4 is 5.32 Å².